The van der Waals surface area contributed by atoms with Crippen molar-refractivity contribution in [2.24, 2.45) is 7.05 Å². The zero-order valence-electron chi connectivity index (χ0n) is 13.5. The average Bonchev–Trinajstić information content (AvgIpc) is 2.93. The molecule has 1 aromatic carbocycles. The minimum Gasteiger partial charge on any atom is -0.494 e. The van der Waals surface area contributed by atoms with Crippen molar-refractivity contribution in [1.82, 2.24) is 25.4 Å². The van der Waals surface area contributed by atoms with Crippen LogP contribution in [-0.4, -0.2) is 27.9 Å². The Hall–Kier alpha value is -2.64. The van der Waals surface area contributed by atoms with Crippen molar-refractivity contribution in [2.45, 2.75) is 25.9 Å². The fourth-order valence-corrected chi connectivity index (χ4v) is 2.22. The number of aryl methyl sites for hydroxylation is 1. The average molecular weight is 321 g/mol. The standard InChI is InChI=1S/C15H20FN5O2/c1-9(11-5-6-13(23-4)12(16)7-11)18-15(22)19-10(2)14-20-17-8-21(14)3/h5-10H,1-4H3,(H2,18,19,22)/t9-,10-/m0/s1. The molecule has 0 aliphatic heterocycles. The van der Waals surface area contributed by atoms with E-state index < -0.39 is 5.82 Å². The third kappa shape index (κ3) is 3.97. The minimum absolute atomic E-state index is 0.168. The van der Waals surface area contributed by atoms with Gasteiger partial charge in [0.05, 0.1) is 19.2 Å². The van der Waals surface area contributed by atoms with Crippen LogP contribution in [0, 0.1) is 5.82 Å². The van der Waals surface area contributed by atoms with E-state index in [9.17, 15) is 9.18 Å². The summed E-state index contributed by atoms with van der Waals surface area (Å²) in [6.07, 6.45) is 1.56. The molecule has 0 fully saturated rings. The highest BCUT2D eigenvalue weighted by atomic mass is 19.1. The number of halogens is 1. The lowest BCUT2D eigenvalue weighted by Gasteiger charge is -2.18. The van der Waals surface area contributed by atoms with Crippen LogP contribution in [0.5, 0.6) is 5.75 Å². The smallest absolute Gasteiger partial charge is 0.315 e. The first-order chi connectivity index (χ1) is 10.9. The molecule has 2 aromatic rings. The molecule has 23 heavy (non-hydrogen) atoms. The lowest BCUT2D eigenvalue weighted by Crippen LogP contribution is -2.39. The van der Waals surface area contributed by atoms with Gasteiger partial charge in [0, 0.05) is 7.05 Å². The predicted molar refractivity (Wildman–Crippen MR) is 82.5 cm³/mol. The number of ether oxygens (including phenoxy) is 1. The van der Waals surface area contributed by atoms with Gasteiger partial charge in [-0.05, 0) is 31.5 Å². The summed E-state index contributed by atoms with van der Waals surface area (Å²) in [4.78, 5) is 12.1. The van der Waals surface area contributed by atoms with Crippen molar-refractivity contribution < 1.29 is 13.9 Å². The molecule has 0 saturated carbocycles. The summed E-state index contributed by atoms with van der Waals surface area (Å²) in [5, 5.41) is 13.2. The molecule has 1 heterocycles. The van der Waals surface area contributed by atoms with Gasteiger partial charge in [0.1, 0.15) is 6.33 Å². The van der Waals surface area contributed by atoms with Crippen LogP contribution in [0.1, 0.15) is 37.3 Å². The van der Waals surface area contributed by atoms with Gasteiger partial charge in [-0.1, -0.05) is 6.07 Å². The summed E-state index contributed by atoms with van der Waals surface area (Å²) in [7, 11) is 3.20. The Morgan fingerprint density at radius 1 is 1.30 bits per heavy atom. The second-order valence-corrected chi connectivity index (χ2v) is 5.26. The van der Waals surface area contributed by atoms with E-state index in [0.717, 1.165) is 0 Å². The largest absolute Gasteiger partial charge is 0.494 e. The van der Waals surface area contributed by atoms with Gasteiger partial charge in [0.15, 0.2) is 17.4 Å². The maximum absolute atomic E-state index is 13.7. The number of urea groups is 1. The number of hydrogen-bond acceptors (Lipinski definition) is 4. The molecule has 124 valence electrons. The highest BCUT2D eigenvalue weighted by Gasteiger charge is 2.16. The van der Waals surface area contributed by atoms with E-state index in [1.54, 1.807) is 37.9 Å². The molecular weight excluding hydrogens is 301 g/mol. The number of methoxy groups -OCH3 is 1. The molecular formula is C15H20FN5O2. The number of carbonyl (C=O) groups excluding carboxylic acids is 1. The highest BCUT2D eigenvalue weighted by molar-refractivity contribution is 5.74. The summed E-state index contributed by atoms with van der Waals surface area (Å²) in [6.45, 7) is 3.58. The highest BCUT2D eigenvalue weighted by Crippen LogP contribution is 2.21. The molecule has 2 N–H and O–H groups in total. The molecule has 0 bridgehead atoms. The van der Waals surface area contributed by atoms with Crippen molar-refractivity contribution >= 4 is 6.03 Å². The SMILES string of the molecule is COc1ccc([C@H](C)NC(=O)N[C@@H](C)c2nncn2C)cc1F. The molecule has 0 unspecified atom stereocenters. The van der Waals surface area contributed by atoms with Crippen LogP contribution in [-0.2, 0) is 7.05 Å². The van der Waals surface area contributed by atoms with Gasteiger partial charge >= 0.3 is 6.03 Å². The Kier molecular flexibility index (Phi) is 5.15. The Balaban J connectivity index is 1.97. The lowest BCUT2D eigenvalue weighted by molar-refractivity contribution is 0.234. The summed E-state index contributed by atoms with van der Waals surface area (Å²) >= 11 is 0. The third-order valence-electron chi connectivity index (χ3n) is 3.50. The number of aromatic nitrogens is 3. The molecule has 7 nitrogen and oxygen atoms in total. The summed E-state index contributed by atoms with van der Waals surface area (Å²) in [6, 6.07) is 3.55. The molecule has 0 aliphatic carbocycles. The fourth-order valence-electron chi connectivity index (χ4n) is 2.22. The van der Waals surface area contributed by atoms with E-state index in [2.05, 4.69) is 20.8 Å². The summed E-state index contributed by atoms with van der Waals surface area (Å²) < 4.78 is 20.3. The van der Waals surface area contributed by atoms with E-state index in [1.165, 1.54) is 19.2 Å². The lowest BCUT2D eigenvalue weighted by atomic mass is 10.1. The van der Waals surface area contributed by atoms with Crippen molar-refractivity contribution in [3.63, 3.8) is 0 Å². The number of benzene rings is 1. The number of amides is 2. The van der Waals surface area contributed by atoms with Gasteiger partial charge in [-0.2, -0.15) is 0 Å². The monoisotopic (exact) mass is 321 g/mol. The van der Waals surface area contributed by atoms with Gasteiger partial charge in [0.2, 0.25) is 0 Å². The molecule has 8 heteroatoms. The predicted octanol–water partition coefficient (Wildman–Crippen LogP) is 2.08. The van der Waals surface area contributed by atoms with E-state index in [4.69, 9.17) is 4.74 Å². The Bertz CT molecular complexity index is 688. The van der Waals surface area contributed by atoms with Crippen LogP contribution in [0.3, 0.4) is 0 Å². The number of carbonyl (C=O) groups is 1. The van der Waals surface area contributed by atoms with E-state index >= 15 is 0 Å². The van der Waals surface area contributed by atoms with Gasteiger partial charge < -0.3 is 19.9 Å². The van der Waals surface area contributed by atoms with Crippen molar-refractivity contribution in [2.75, 3.05) is 7.11 Å². The quantitative estimate of drug-likeness (QED) is 0.883. The van der Waals surface area contributed by atoms with Gasteiger partial charge in [-0.3, -0.25) is 0 Å². The van der Waals surface area contributed by atoms with Crippen molar-refractivity contribution in [1.29, 1.82) is 0 Å². The van der Waals surface area contributed by atoms with E-state index in [0.29, 0.717) is 11.4 Å². The summed E-state index contributed by atoms with van der Waals surface area (Å²) in [5.74, 6) is 0.344. The van der Waals surface area contributed by atoms with Crippen LogP contribution >= 0.6 is 0 Å². The maximum atomic E-state index is 13.7. The Labute approximate surface area is 133 Å². The molecule has 2 rings (SSSR count). The number of nitrogens with zero attached hydrogens (tertiary/aromatic N) is 3. The van der Waals surface area contributed by atoms with Gasteiger partial charge in [0.25, 0.3) is 0 Å². The van der Waals surface area contributed by atoms with Crippen molar-refractivity contribution in [3.05, 3.63) is 41.7 Å². The van der Waals surface area contributed by atoms with Gasteiger partial charge in [-0.25, -0.2) is 9.18 Å². The Morgan fingerprint density at radius 2 is 2.00 bits per heavy atom. The van der Waals surface area contributed by atoms with E-state index in [1.807, 2.05) is 0 Å². The maximum Gasteiger partial charge on any atom is 0.315 e. The zero-order chi connectivity index (χ0) is 17.0. The molecule has 0 aliphatic rings. The second-order valence-electron chi connectivity index (χ2n) is 5.26. The Morgan fingerprint density at radius 3 is 2.57 bits per heavy atom. The molecule has 2 atom stereocenters. The first-order valence-electron chi connectivity index (χ1n) is 7.16. The third-order valence-corrected chi connectivity index (χ3v) is 3.50. The van der Waals surface area contributed by atoms with E-state index in [-0.39, 0.29) is 23.9 Å². The first kappa shape index (κ1) is 16.7. The number of hydrogen-bond donors (Lipinski definition) is 2. The van der Waals surface area contributed by atoms with Crippen LogP contribution in [0.4, 0.5) is 9.18 Å². The van der Waals surface area contributed by atoms with Crippen LogP contribution in [0.25, 0.3) is 0 Å². The topological polar surface area (TPSA) is 81.1 Å². The van der Waals surface area contributed by atoms with Crippen LogP contribution in [0.2, 0.25) is 0 Å². The minimum atomic E-state index is -0.466. The first-order valence-corrected chi connectivity index (χ1v) is 7.16. The van der Waals surface area contributed by atoms with Gasteiger partial charge in [-0.15, -0.1) is 10.2 Å². The van der Waals surface area contributed by atoms with Crippen LogP contribution in [0.15, 0.2) is 24.5 Å². The number of rotatable bonds is 5. The molecule has 0 saturated heterocycles. The molecule has 1 aromatic heterocycles. The normalized spacial score (nSPS) is 13.3. The molecule has 0 radical (unpaired) electrons. The fraction of sp³-hybridized carbons (Fsp3) is 0.400. The zero-order valence-corrected chi connectivity index (χ0v) is 13.5. The second kappa shape index (κ2) is 7.08. The van der Waals surface area contributed by atoms with Crippen LogP contribution < -0.4 is 15.4 Å². The van der Waals surface area contributed by atoms with Crippen molar-refractivity contribution in [3.8, 4) is 5.75 Å². The molecule has 0 spiro atoms. The summed E-state index contributed by atoms with van der Waals surface area (Å²) in [5.41, 5.74) is 0.643. The number of nitrogens with one attached hydrogen (secondary N) is 2. The molecule has 2 amide bonds.